The molecule has 3 nitrogen and oxygen atoms in total. The number of carbonyl (C=O) groups excluding carboxylic acids is 1. The molecule has 88 valence electrons. The molecule has 1 rings (SSSR count). The summed E-state index contributed by atoms with van der Waals surface area (Å²) in [4.78, 5) is 11.9. The van der Waals surface area contributed by atoms with Crippen LogP contribution in [0.25, 0.3) is 0 Å². The summed E-state index contributed by atoms with van der Waals surface area (Å²) in [6, 6.07) is 5.39. The molecule has 0 heterocycles. The molecule has 4 heteroatoms. The van der Waals surface area contributed by atoms with E-state index in [2.05, 4.69) is 21.2 Å². The highest BCUT2D eigenvalue weighted by Crippen LogP contribution is 2.26. The Bertz CT molecular complexity index is 402. The van der Waals surface area contributed by atoms with Crippen molar-refractivity contribution >= 4 is 33.2 Å². The second kappa shape index (κ2) is 4.87. The molecule has 16 heavy (non-hydrogen) atoms. The topological polar surface area (TPSA) is 55.1 Å². The van der Waals surface area contributed by atoms with Gasteiger partial charge in [0.2, 0.25) is 5.91 Å². The Morgan fingerprint density at radius 1 is 1.50 bits per heavy atom. The molecule has 0 atom stereocenters. The predicted molar refractivity (Wildman–Crippen MR) is 71.3 cm³/mol. The Kier molecular flexibility index (Phi) is 3.97. The molecular formula is C12H17BrN2O. The van der Waals surface area contributed by atoms with Gasteiger partial charge in [-0.2, -0.15) is 0 Å². The van der Waals surface area contributed by atoms with Crippen molar-refractivity contribution in [1.29, 1.82) is 0 Å². The number of nitrogens with one attached hydrogen (secondary N) is 1. The Morgan fingerprint density at radius 2 is 2.12 bits per heavy atom. The van der Waals surface area contributed by atoms with Gasteiger partial charge in [0.05, 0.1) is 0 Å². The van der Waals surface area contributed by atoms with Crippen LogP contribution < -0.4 is 11.1 Å². The molecule has 0 saturated heterocycles. The molecule has 0 aliphatic heterocycles. The van der Waals surface area contributed by atoms with E-state index in [1.165, 1.54) is 0 Å². The quantitative estimate of drug-likeness (QED) is 0.836. The van der Waals surface area contributed by atoms with Gasteiger partial charge in [-0.1, -0.05) is 20.8 Å². The summed E-state index contributed by atoms with van der Waals surface area (Å²) in [6.45, 7) is 5.84. The number of nitrogen functional groups attached to an aromatic ring is 1. The summed E-state index contributed by atoms with van der Waals surface area (Å²) in [5, 5.41) is 2.86. The van der Waals surface area contributed by atoms with Gasteiger partial charge in [-0.15, -0.1) is 0 Å². The number of amides is 1. The monoisotopic (exact) mass is 284 g/mol. The van der Waals surface area contributed by atoms with E-state index in [-0.39, 0.29) is 11.3 Å². The molecule has 0 saturated carbocycles. The lowest BCUT2D eigenvalue weighted by atomic mass is 9.89. The van der Waals surface area contributed by atoms with Crippen molar-refractivity contribution in [3.8, 4) is 0 Å². The number of hydrogen-bond donors (Lipinski definition) is 2. The minimum atomic E-state index is -0.359. The first-order chi connectivity index (χ1) is 7.36. The SMILES string of the molecule is CCC(C)(C)C(=O)Nc1ccc(Br)c(N)c1. The van der Waals surface area contributed by atoms with Gasteiger partial charge in [-0.05, 0) is 40.5 Å². The smallest absolute Gasteiger partial charge is 0.230 e. The maximum Gasteiger partial charge on any atom is 0.230 e. The van der Waals surface area contributed by atoms with E-state index in [9.17, 15) is 4.79 Å². The molecule has 0 aliphatic rings. The zero-order chi connectivity index (χ0) is 12.3. The van der Waals surface area contributed by atoms with Crippen LogP contribution in [0, 0.1) is 5.41 Å². The minimum Gasteiger partial charge on any atom is -0.398 e. The van der Waals surface area contributed by atoms with Crippen LogP contribution in [0.15, 0.2) is 22.7 Å². The maximum absolute atomic E-state index is 11.9. The van der Waals surface area contributed by atoms with Crippen LogP contribution in [0.2, 0.25) is 0 Å². The predicted octanol–water partition coefficient (Wildman–Crippen LogP) is 3.41. The summed E-state index contributed by atoms with van der Waals surface area (Å²) >= 11 is 3.31. The highest BCUT2D eigenvalue weighted by molar-refractivity contribution is 9.10. The van der Waals surface area contributed by atoms with Crippen molar-refractivity contribution in [1.82, 2.24) is 0 Å². The molecule has 1 aromatic rings. The molecule has 1 amide bonds. The lowest BCUT2D eigenvalue weighted by molar-refractivity contribution is -0.124. The van der Waals surface area contributed by atoms with Gasteiger partial charge in [-0.3, -0.25) is 4.79 Å². The van der Waals surface area contributed by atoms with Crippen LogP contribution >= 0.6 is 15.9 Å². The largest absolute Gasteiger partial charge is 0.398 e. The van der Waals surface area contributed by atoms with Crippen molar-refractivity contribution in [2.24, 2.45) is 5.41 Å². The zero-order valence-electron chi connectivity index (χ0n) is 9.80. The lowest BCUT2D eigenvalue weighted by Gasteiger charge is -2.21. The van der Waals surface area contributed by atoms with Crippen LogP contribution in [-0.4, -0.2) is 5.91 Å². The first kappa shape index (κ1) is 13.0. The number of rotatable bonds is 3. The number of halogens is 1. The Hall–Kier alpha value is -1.03. The average molecular weight is 285 g/mol. The zero-order valence-corrected chi connectivity index (χ0v) is 11.4. The molecule has 1 aromatic carbocycles. The summed E-state index contributed by atoms with van der Waals surface area (Å²) < 4.78 is 0.834. The molecule has 0 radical (unpaired) electrons. The first-order valence-corrected chi connectivity index (χ1v) is 6.02. The standard InChI is InChI=1S/C12H17BrN2O/c1-4-12(2,3)11(16)15-8-5-6-9(13)10(14)7-8/h5-7H,4,14H2,1-3H3,(H,15,16). The lowest BCUT2D eigenvalue weighted by Crippen LogP contribution is -2.29. The molecule has 0 aliphatic carbocycles. The summed E-state index contributed by atoms with van der Waals surface area (Å²) in [7, 11) is 0. The molecule has 0 unspecified atom stereocenters. The van der Waals surface area contributed by atoms with Gasteiger partial charge < -0.3 is 11.1 Å². The highest BCUT2D eigenvalue weighted by Gasteiger charge is 2.25. The Balaban J connectivity index is 2.82. The normalized spacial score (nSPS) is 11.2. The fourth-order valence-electron chi connectivity index (χ4n) is 1.08. The van der Waals surface area contributed by atoms with Crippen molar-refractivity contribution in [2.75, 3.05) is 11.1 Å². The first-order valence-electron chi connectivity index (χ1n) is 5.23. The summed E-state index contributed by atoms with van der Waals surface area (Å²) in [6.07, 6.45) is 0.796. The van der Waals surface area contributed by atoms with Gasteiger partial charge in [0.1, 0.15) is 0 Å². The third kappa shape index (κ3) is 2.98. The Morgan fingerprint density at radius 3 is 2.62 bits per heavy atom. The van der Waals surface area contributed by atoms with Gasteiger partial charge >= 0.3 is 0 Å². The van der Waals surface area contributed by atoms with E-state index in [0.717, 1.165) is 16.6 Å². The maximum atomic E-state index is 11.9. The van der Waals surface area contributed by atoms with Crippen LogP contribution in [0.4, 0.5) is 11.4 Å². The Labute approximate surface area is 105 Å². The fraction of sp³-hybridized carbons (Fsp3) is 0.417. The second-order valence-corrected chi connectivity index (χ2v) is 5.28. The van der Waals surface area contributed by atoms with E-state index < -0.39 is 0 Å². The number of anilines is 2. The average Bonchev–Trinajstić information content (AvgIpc) is 2.23. The van der Waals surface area contributed by atoms with E-state index in [1.54, 1.807) is 6.07 Å². The van der Waals surface area contributed by atoms with Crippen LogP contribution in [0.5, 0.6) is 0 Å². The van der Waals surface area contributed by atoms with Crippen LogP contribution in [0.3, 0.4) is 0 Å². The summed E-state index contributed by atoms with van der Waals surface area (Å²) in [5.74, 6) is 0.0109. The molecular weight excluding hydrogens is 268 g/mol. The number of nitrogens with two attached hydrogens (primary N) is 1. The molecule has 0 bridgehead atoms. The van der Waals surface area contributed by atoms with Gasteiger partial charge in [-0.25, -0.2) is 0 Å². The van der Waals surface area contributed by atoms with Crippen molar-refractivity contribution in [3.63, 3.8) is 0 Å². The fourth-order valence-corrected chi connectivity index (χ4v) is 1.33. The number of benzene rings is 1. The highest BCUT2D eigenvalue weighted by atomic mass is 79.9. The van der Waals surface area contributed by atoms with Gasteiger partial charge in [0.15, 0.2) is 0 Å². The van der Waals surface area contributed by atoms with E-state index in [4.69, 9.17) is 5.73 Å². The van der Waals surface area contributed by atoms with Crippen molar-refractivity contribution in [2.45, 2.75) is 27.2 Å². The van der Waals surface area contributed by atoms with Crippen LogP contribution in [-0.2, 0) is 4.79 Å². The van der Waals surface area contributed by atoms with E-state index >= 15 is 0 Å². The minimum absolute atomic E-state index is 0.0109. The molecule has 3 N–H and O–H groups in total. The van der Waals surface area contributed by atoms with Crippen molar-refractivity contribution in [3.05, 3.63) is 22.7 Å². The summed E-state index contributed by atoms with van der Waals surface area (Å²) in [5.41, 5.74) is 6.73. The van der Waals surface area contributed by atoms with E-state index in [0.29, 0.717) is 5.69 Å². The second-order valence-electron chi connectivity index (χ2n) is 4.43. The third-order valence-corrected chi connectivity index (χ3v) is 3.47. The molecule has 0 aromatic heterocycles. The van der Waals surface area contributed by atoms with E-state index in [1.807, 2.05) is 32.9 Å². The van der Waals surface area contributed by atoms with Gasteiger partial charge in [0, 0.05) is 21.3 Å². The van der Waals surface area contributed by atoms with Crippen molar-refractivity contribution < 1.29 is 4.79 Å². The number of carbonyl (C=O) groups is 1. The molecule has 0 fully saturated rings. The van der Waals surface area contributed by atoms with Crippen LogP contribution in [0.1, 0.15) is 27.2 Å². The molecule has 0 spiro atoms. The third-order valence-electron chi connectivity index (χ3n) is 2.75. The number of hydrogen-bond acceptors (Lipinski definition) is 2. The van der Waals surface area contributed by atoms with Gasteiger partial charge in [0.25, 0.3) is 0 Å².